The molecule has 0 aliphatic carbocycles. The van der Waals surface area contributed by atoms with Gasteiger partial charge in [0.2, 0.25) is 0 Å². The van der Waals surface area contributed by atoms with Gasteiger partial charge in [-0.2, -0.15) is 0 Å². The number of nitrogens with one attached hydrogen (secondary N) is 2. The molecule has 0 saturated carbocycles. The van der Waals surface area contributed by atoms with Crippen LogP contribution in [0.15, 0.2) is 67.0 Å². The fourth-order valence-corrected chi connectivity index (χ4v) is 2.84. The third-order valence-corrected chi connectivity index (χ3v) is 4.26. The first-order valence-corrected chi connectivity index (χ1v) is 8.57. The Balaban J connectivity index is 1.49. The molecule has 0 unspecified atom stereocenters. The van der Waals surface area contributed by atoms with E-state index in [4.69, 9.17) is 0 Å². The van der Waals surface area contributed by atoms with Crippen LogP contribution in [0.5, 0.6) is 0 Å². The number of urea groups is 1. The van der Waals surface area contributed by atoms with Gasteiger partial charge in [0.25, 0.3) is 0 Å². The number of benzene rings is 2. The molecule has 2 heterocycles. The summed E-state index contributed by atoms with van der Waals surface area (Å²) in [5.74, 6) is -1.68. The van der Waals surface area contributed by atoms with E-state index in [1.54, 1.807) is 12.1 Å². The number of hydrogen-bond donors (Lipinski definition) is 2. The van der Waals surface area contributed by atoms with Crippen molar-refractivity contribution >= 4 is 23.1 Å². The number of halogens is 2. The summed E-state index contributed by atoms with van der Waals surface area (Å²) in [5.41, 5.74) is 3.65. The van der Waals surface area contributed by atoms with E-state index in [1.165, 1.54) is 6.07 Å². The molecule has 4 rings (SSSR count). The van der Waals surface area contributed by atoms with Gasteiger partial charge >= 0.3 is 6.03 Å². The van der Waals surface area contributed by atoms with Gasteiger partial charge in [0.15, 0.2) is 0 Å². The Hall–Kier alpha value is -3.74. The summed E-state index contributed by atoms with van der Waals surface area (Å²) in [6.07, 6.45) is 3.87. The summed E-state index contributed by atoms with van der Waals surface area (Å²) in [6, 6.07) is 13.7. The Morgan fingerprint density at radius 1 is 1.00 bits per heavy atom. The lowest BCUT2D eigenvalue weighted by atomic mass is 10.1. The van der Waals surface area contributed by atoms with Crippen molar-refractivity contribution in [2.24, 2.45) is 0 Å². The highest BCUT2D eigenvalue weighted by Gasteiger charge is 2.12. The van der Waals surface area contributed by atoms with Crippen LogP contribution in [0.3, 0.4) is 0 Å². The number of amides is 2. The zero-order chi connectivity index (χ0) is 19.7. The van der Waals surface area contributed by atoms with Gasteiger partial charge < -0.3 is 15.0 Å². The van der Waals surface area contributed by atoms with Crippen LogP contribution in [0.2, 0.25) is 0 Å². The normalized spacial score (nSPS) is 10.8. The minimum absolute atomic E-state index is 0.484. The van der Waals surface area contributed by atoms with E-state index in [0.29, 0.717) is 5.69 Å². The molecule has 0 radical (unpaired) electrons. The molecule has 5 nitrogen and oxygen atoms in total. The minimum Gasteiger partial charge on any atom is -0.308 e. The number of pyridine rings is 1. The van der Waals surface area contributed by atoms with Crippen LogP contribution in [0, 0.1) is 18.6 Å². The van der Waals surface area contributed by atoms with Crippen molar-refractivity contribution in [2.45, 2.75) is 6.92 Å². The van der Waals surface area contributed by atoms with Crippen molar-refractivity contribution in [3.05, 3.63) is 84.2 Å². The standard InChI is InChI=1S/C21H16F2N4O/c1-13-9-10-27-12-18(25-19(27)11-13)14-5-7-15(8-6-14)24-21(28)26-20-16(22)3-2-4-17(20)23/h2-12H,1H3,(H2,24,26,28). The Labute approximate surface area is 159 Å². The number of rotatable bonds is 3. The van der Waals surface area contributed by atoms with Crippen molar-refractivity contribution < 1.29 is 13.6 Å². The molecule has 2 N–H and O–H groups in total. The Bertz CT molecular complexity index is 1150. The van der Waals surface area contributed by atoms with E-state index in [0.717, 1.165) is 34.6 Å². The van der Waals surface area contributed by atoms with Crippen LogP contribution in [-0.4, -0.2) is 15.4 Å². The molecule has 0 atom stereocenters. The van der Waals surface area contributed by atoms with Crippen molar-refractivity contribution in [1.82, 2.24) is 9.38 Å². The first-order chi connectivity index (χ1) is 13.5. The van der Waals surface area contributed by atoms with Crippen molar-refractivity contribution in [1.29, 1.82) is 0 Å². The molecule has 0 saturated heterocycles. The summed E-state index contributed by atoms with van der Waals surface area (Å²) in [4.78, 5) is 16.6. The third kappa shape index (κ3) is 3.55. The van der Waals surface area contributed by atoms with Gasteiger partial charge in [-0.3, -0.25) is 0 Å². The van der Waals surface area contributed by atoms with Crippen LogP contribution in [0.4, 0.5) is 25.0 Å². The highest BCUT2D eigenvalue weighted by molar-refractivity contribution is 6.00. The molecule has 0 spiro atoms. The first-order valence-electron chi connectivity index (χ1n) is 8.57. The Morgan fingerprint density at radius 2 is 1.71 bits per heavy atom. The quantitative estimate of drug-likeness (QED) is 0.513. The number of anilines is 2. The van der Waals surface area contributed by atoms with Gasteiger partial charge in [-0.05, 0) is 48.9 Å². The first kappa shape index (κ1) is 17.7. The predicted octanol–water partition coefficient (Wildman–Crippen LogP) is 5.23. The fraction of sp³-hybridized carbons (Fsp3) is 0.0476. The number of aromatic nitrogens is 2. The summed E-state index contributed by atoms with van der Waals surface area (Å²) >= 11 is 0. The number of carbonyl (C=O) groups is 1. The highest BCUT2D eigenvalue weighted by atomic mass is 19.1. The lowest BCUT2D eigenvalue weighted by Gasteiger charge is -2.09. The zero-order valence-electron chi connectivity index (χ0n) is 14.9. The van der Waals surface area contributed by atoms with Crippen LogP contribution in [0.25, 0.3) is 16.9 Å². The number of fused-ring (bicyclic) bond motifs is 1. The summed E-state index contributed by atoms with van der Waals surface area (Å²) in [5, 5.41) is 4.73. The topological polar surface area (TPSA) is 58.4 Å². The molecule has 0 bridgehead atoms. The molecule has 7 heteroatoms. The van der Waals surface area contributed by atoms with Crippen molar-refractivity contribution in [3.8, 4) is 11.3 Å². The molecule has 4 aromatic rings. The molecule has 2 aromatic carbocycles. The van der Waals surface area contributed by atoms with Crippen LogP contribution in [0.1, 0.15) is 5.56 Å². The minimum atomic E-state index is -0.840. The molecular weight excluding hydrogens is 362 g/mol. The largest absolute Gasteiger partial charge is 0.323 e. The average Bonchev–Trinajstić information content (AvgIpc) is 3.08. The molecule has 28 heavy (non-hydrogen) atoms. The van der Waals surface area contributed by atoms with E-state index >= 15 is 0 Å². The van der Waals surface area contributed by atoms with Crippen LogP contribution < -0.4 is 10.6 Å². The number of imidazole rings is 1. The van der Waals surface area contributed by atoms with Gasteiger partial charge in [0.05, 0.1) is 5.69 Å². The highest BCUT2D eigenvalue weighted by Crippen LogP contribution is 2.22. The summed E-state index contributed by atoms with van der Waals surface area (Å²) in [6.45, 7) is 2.01. The number of para-hydroxylation sites is 1. The van der Waals surface area contributed by atoms with E-state index in [2.05, 4.69) is 15.6 Å². The maximum Gasteiger partial charge on any atom is 0.323 e. The molecule has 0 aliphatic heterocycles. The molecule has 140 valence electrons. The monoisotopic (exact) mass is 378 g/mol. The molecule has 2 amide bonds. The number of nitrogens with zero attached hydrogens (tertiary/aromatic N) is 2. The van der Waals surface area contributed by atoms with Crippen LogP contribution in [-0.2, 0) is 0 Å². The van der Waals surface area contributed by atoms with Gasteiger partial charge in [-0.25, -0.2) is 18.6 Å². The smallest absolute Gasteiger partial charge is 0.308 e. The zero-order valence-corrected chi connectivity index (χ0v) is 14.9. The van der Waals surface area contributed by atoms with Gasteiger partial charge in [0.1, 0.15) is 23.0 Å². The fourth-order valence-electron chi connectivity index (χ4n) is 2.84. The van der Waals surface area contributed by atoms with E-state index < -0.39 is 23.4 Å². The average molecular weight is 378 g/mol. The number of aryl methyl sites for hydroxylation is 1. The van der Waals surface area contributed by atoms with E-state index in [9.17, 15) is 13.6 Å². The second kappa shape index (κ2) is 7.11. The Morgan fingerprint density at radius 3 is 2.43 bits per heavy atom. The third-order valence-electron chi connectivity index (χ3n) is 4.26. The second-order valence-electron chi connectivity index (χ2n) is 6.35. The maximum atomic E-state index is 13.6. The summed E-state index contributed by atoms with van der Waals surface area (Å²) in [7, 11) is 0. The molecule has 0 fully saturated rings. The lowest BCUT2D eigenvalue weighted by molar-refractivity contribution is 0.262. The van der Waals surface area contributed by atoms with E-state index in [1.807, 2.05) is 48.0 Å². The van der Waals surface area contributed by atoms with Crippen molar-refractivity contribution in [2.75, 3.05) is 10.6 Å². The van der Waals surface area contributed by atoms with E-state index in [-0.39, 0.29) is 0 Å². The summed E-state index contributed by atoms with van der Waals surface area (Å²) < 4.78 is 29.2. The van der Waals surface area contributed by atoms with Crippen molar-refractivity contribution in [3.63, 3.8) is 0 Å². The predicted molar refractivity (Wildman–Crippen MR) is 104 cm³/mol. The van der Waals surface area contributed by atoms with Gasteiger partial charge in [0, 0.05) is 23.6 Å². The second-order valence-corrected chi connectivity index (χ2v) is 6.35. The molecule has 2 aromatic heterocycles. The molecule has 0 aliphatic rings. The van der Waals surface area contributed by atoms with Gasteiger partial charge in [-0.15, -0.1) is 0 Å². The lowest BCUT2D eigenvalue weighted by Crippen LogP contribution is -2.20. The number of carbonyl (C=O) groups excluding carboxylic acids is 1. The molecular formula is C21H16F2N4O. The SMILES string of the molecule is Cc1ccn2cc(-c3ccc(NC(=O)Nc4c(F)cccc4F)cc3)nc2c1. The Kier molecular flexibility index (Phi) is 4.49. The van der Waals surface area contributed by atoms with Crippen LogP contribution >= 0.6 is 0 Å². The van der Waals surface area contributed by atoms with Gasteiger partial charge in [-0.1, -0.05) is 18.2 Å². The number of hydrogen-bond acceptors (Lipinski definition) is 2. The maximum absolute atomic E-state index is 13.6.